The maximum atomic E-state index is 13.5. The number of ether oxygens (including phenoxy) is 1. The van der Waals surface area contributed by atoms with Crippen LogP contribution in [-0.2, 0) is 9.53 Å². The van der Waals surface area contributed by atoms with Gasteiger partial charge < -0.3 is 10.5 Å². The molecular formula is C19H14F4N2O4. The van der Waals surface area contributed by atoms with E-state index in [-0.39, 0.29) is 16.7 Å². The first-order valence-electron chi connectivity index (χ1n) is 8.33. The molecule has 152 valence electrons. The topological polar surface area (TPSA) is 89.7 Å². The lowest BCUT2D eigenvalue weighted by molar-refractivity contribution is -0.206. The molecule has 6 nitrogen and oxygen atoms in total. The van der Waals surface area contributed by atoms with Crippen molar-refractivity contribution in [2.45, 2.75) is 18.3 Å². The molecule has 0 bridgehead atoms. The first-order chi connectivity index (χ1) is 13.6. The lowest BCUT2D eigenvalue weighted by Crippen LogP contribution is -2.45. The van der Waals surface area contributed by atoms with Gasteiger partial charge in [-0.2, -0.15) is 13.2 Å². The maximum absolute atomic E-state index is 13.5. The SMILES string of the molecule is N[C@H](CN1C(=O)c2ccccc2C1=O)C(OC(=O)C(F)(F)F)c1cccc(F)c1. The fraction of sp³-hybridized carbons (Fsp3) is 0.211. The molecule has 0 spiro atoms. The number of esters is 1. The predicted octanol–water partition coefficient (Wildman–Crippen LogP) is 2.60. The van der Waals surface area contributed by atoms with E-state index < -0.39 is 48.5 Å². The first-order valence-corrected chi connectivity index (χ1v) is 8.33. The number of imide groups is 1. The predicted molar refractivity (Wildman–Crippen MR) is 91.1 cm³/mol. The Labute approximate surface area is 161 Å². The number of amides is 2. The van der Waals surface area contributed by atoms with Crippen molar-refractivity contribution in [2.24, 2.45) is 5.73 Å². The number of nitrogens with zero attached hydrogens (tertiary/aromatic N) is 1. The van der Waals surface area contributed by atoms with Gasteiger partial charge in [-0.05, 0) is 29.8 Å². The molecule has 1 aliphatic heterocycles. The van der Waals surface area contributed by atoms with Gasteiger partial charge in [0.2, 0.25) is 0 Å². The Bertz CT molecular complexity index is 942. The standard InChI is InChI=1S/C19H14F4N2O4/c20-11-5-3-4-10(8-11)15(29-18(28)19(21,22)23)14(24)9-25-16(26)12-6-1-2-7-13(12)17(25)27/h1-8,14-15H,9,24H2/t14-,15?/m1/s1. The number of fused-ring (bicyclic) bond motifs is 1. The summed E-state index contributed by atoms with van der Waals surface area (Å²) in [5, 5.41) is 0. The minimum absolute atomic E-state index is 0.124. The van der Waals surface area contributed by atoms with Crippen LogP contribution in [0.1, 0.15) is 32.4 Å². The van der Waals surface area contributed by atoms with Gasteiger partial charge in [-0.25, -0.2) is 9.18 Å². The zero-order chi connectivity index (χ0) is 21.3. The molecule has 10 heteroatoms. The number of hydrogen-bond acceptors (Lipinski definition) is 5. The summed E-state index contributed by atoms with van der Waals surface area (Å²) < 4.78 is 56.0. The van der Waals surface area contributed by atoms with Gasteiger partial charge in [0.1, 0.15) is 11.9 Å². The number of carbonyl (C=O) groups excluding carboxylic acids is 3. The zero-order valence-electron chi connectivity index (χ0n) is 14.7. The highest BCUT2D eigenvalue weighted by Gasteiger charge is 2.44. The molecule has 0 fully saturated rings. The van der Waals surface area contributed by atoms with E-state index in [1.54, 1.807) is 12.1 Å². The summed E-state index contributed by atoms with van der Waals surface area (Å²) in [6, 6.07) is 8.84. The molecule has 3 rings (SSSR count). The molecule has 1 heterocycles. The van der Waals surface area contributed by atoms with Crippen LogP contribution in [0.2, 0.25) is 0 Å². The third-order valence-corrected chi connectivity index (χ3v) is 4.30. The van der Waals surface area contributed by atoms with E-state index in [4.69, 9.17) is 5.73 Å². The van der Waals surface area contributed by atoms with E-state index in [0.717, 1.165) is 17.0 Å². The van der Waals surface area contributed by atoms with Crippen molar-refractivity contribution in [2.75, 3.05) is 6.54 Å². The summed E-state index contributed by atoms with van der Waals surface area (Å²) in [4.78, 5) is 37.0. The maximum Gasteiger partial charge on any atom is 0.490 e. The van der Waals surface area contributed by atoms with Crippen LogP contribution in [0, 0.1) is 5.82 Å². The average molecular weight is 410 g/mol. The smallest absolute Gasteiger partial charge is 0.449 e. The Balaban J connectivity index is 1.87. The van der Waals surface area contributed by atoms with Crippen molar-refractivity contribution in [1.29, 1.82) is 0 Å². The van der Waals surface area contributed by atoms with Crippen LogP contribution >= 0.6 is 0 Å². The highest BCUT2D eigenvalue weighted by molar-refractivity contribution is 6.21. The Hall–Kier alpha value is -3.27. The monoisotopic (exact) mass is 410 g/mol. The van der Waals surface area contributed by atoms with Gasteiger partial charge in [0.05, 0.1) is 17.2 Å². The van der Waals surface area contributed by atoms with Crippen LogP contribution < -0.4 is 5.73 Å². The van der Waals surface area contributed by atoms with Crippen molar-refractivity contribution < 1.29 is 36.7 Å². The molecule has 0 radical (unpaired) electrons. The molecule has 1 unspecified atom stereocenters. The van der Waals surface area contributed by atoms with E-state index in [9.17, 15) is 31.9 Å². The molecule has 2 N–H and O–H groups in total. The van der Waals surface area contributed by atoms with Crippen LogP contribution in [0.4, 0.5) is 17.6 Å². The molecule has 2 amide bonds. The van der Waals surface area contributed by atoms with E-state index in [0.29, 0.717) is 0 Å². The normalized spacial score (nSPS) is 15.8. The highest BCUT2D eigenvalue weighted by atomic mass is 19.4. The van der Waals surface area contributed by atoms with Crippen LogP contribution in [0.25, 0.3) is 0 Å². The molecule has 1 aliphatic rings. The fourth-order valence-electron chi connectivity index (χ4n) is 2.98. The van der Waals surface area contributed by atoms with Crippen molar-refractivity contribution >= 4 is 17.8 Å². The molecular weight excluding hydrogens is 396 g/mol. The van der Waals surface area contributed by atoms with Crippen molar-refractivity contribution in [3.05, 3.63) is 71.0 Å². The van der Waals surface area contributed by atoms with Gasteiger partial charge in [0.25, 0.3) is 11.8 Å². The number of rotatable bonds is 5. The zero-order valence-corrected chi connectivity index (χ0v) is 14.7. The minimum atomic E-state index is -5.30. The number of hydrogen-bond donors (Lipinski definition) is 1. The van der Waals surface area contributed by atoms with Crippen molar-refractivity contribution in [3.63, 3.8) is 0 Å². The van der Waals surface area contributed by atoms with Crippen molar-refractivity contribution in [1.82, 2.24) is 4.90 Å². The van der Waals surface area contributed by atoms with E-state index in [2.05, 4.69) is 4.74 Å². The Morgan fingerprint density at radius 1 is 1.03 bits per heavy atom. The summed E-state index contributed by atoms with van der Waals surface area (Å²) in [6.45, 7) is -0.543. The average Bonchev–Trinajstić information content (AvgIpc) is 2.90. The summed E-state index contributed by atoms with van der Waals surface area (Å²) >= 11 is 0. The van der Waals surface area contributed by atoms with Gasteiger partial charge in [-0.15, -0.1) is 0 Å². The lowest BCUT2D eigenvalue weighted by Gasteiger charge is -2.27. The van der Waals surface area contributed by atoms with Crippen LogP contribution in [0.3, 0.4) is 0 Å². The number of carbonyl (C=O) groups is 3. The minimum Gasteiger partial charge on any atom is -0.449 e. The van der Waals surface area contributed by atoms with E-state index in [1.807, 2.05) is 0 Å². The Kier molecular flexibility index (Phi) is 5.38. The van der Waals surface area contributed by atoms with E-state index in [1.165, 1.54) is 24.3 Å². The number of halogens is 4. The number of nitrogens with two attached hydrogens (primary N) is 1. The van der Waals surface area contributed by atoms with Gasteiger partial charge in [0, 0.05) is 6.54 Å². The number of alkyl halides is 3. The van der Waals surface area contributed by atoms with E-state index >= 15 is 0 Å². The molecule has 0 saturated heterocycles. The molecule has 2 aromatic carbocycles. The Morgan fingerprint density at radius 3 is 2.14 bits per heavy atom. The second-order valence-corrected chi connectivity index (χ2v) is 6.31. The third-order valence-electron chi connectivity index (χ3n) is 4.30. The lowest BCUT2D eigenvalue weighted by atomic mass is 10.0. The Morgan fingerprint density at radius 2 is 1.62 bits per heavy atom. The molecule has 2 aromatic rings. The van der Waals surface area contributed by atoms with Crippen LogP contribution in [0.5, 0.6) is 0 Å². The molecule has 0 saturated carbocycles. The summed E-state index contributed by atoms with van der Waals surface area (Å²) in [5.74, 6) is -4.67. The molecule has 0 aromatic heterocycles. The first kappa shape index (κ1) is 20.5. The summed E-state index contributed by atoms with van der Waals surface area (Å²) in [5.41, 5.74) is 6.02. The highest BCUT2D eigenvalue weighted by Crippen LogP contribution is 2.29. The number of benzene rings is 2. The second-order valence-electron chi connectivity index (χ2n) is 6.31. The van der Waals surface area contributed by atoms with Gasteiger partial charge in [-0.1, -0.05) is 24.3 Å². The van der Waals surface area contributed by atoms with Gasteiger partial charge >= 0.3 is 12.1 Å². The van der Waals surface area contributed by atoms with Gasteiger partial charge in [0.15, 0.2) is 0 Å². The van der Waals surface area contributed by atoms with Crippen molar-refractivity contribution in [3.8, 4) is 0 Å². The summed E-state index contributed by atoms with van der Waals surface area (Å²) in [7, 11) is 0. The van der Waals surface area contributed by atoms with Crippen LogP contribution in [-0.4, -0.2) is 41.4 Å². The summed E-state index contributed by atoms with van der Waals surface area (Å²) in [6.07, 6.45) is -7.05. The van der Waals surface area contributed by atoms with Crippen LogP contribution in [0.15, 0.2) is 48.5 Å². The third kappa shape index (κ3) is 4.11. The second kappa shape index (κ2) is 7.63. The largest absolute Gasteiger partial charge is 0.490 e. The molecule has 2 atom stereocenters. The van der Waals surface area contributed by atoms with Gasteiger partial charge in [-0.3, -0.25) is 14.5 Å². The quantitative estimate of drug-likeness (QED) is 0.465. The molecule has 29 heavy (non-hydrogen) atoms. The fourth-order valence-corrected chi connectivity index (χ4v) is 2.98. The molecule has 0 aliphatic carbocycles.